The fourth-order valence-electron chi connectivity index (χ4n) is 4.49. The molecular weight excluding hydrogens is 396 g/mol. The highest BCUT2D eigenvalue weighted by Crippen LogP contribution is 2.40. The molecule has 148 valence electrons. The zero-order valence-electron chi connectivity index (χ0n) is 17.4. The van der Waals surface area contributed by atoms with Crippen molar-refractivity contribution in [3.63, 3.8) is 0 Å². The van der Waals surface area contributed by atoms with E-state index in [0.717, 1.165) is 27.0 Å². The number of aromatic nitrogens is 2. The SMILES string of the molecule is Cc1cccc(C)c1-c1nnc(-c2cc3ccccc3s2)c2cc3ccccc3cc12. The molecule has 0 radical (unpaired) electrons. The number of thiophene rings is 1. The summed E-state index contributed by atoms with van der Waals surface area (Å²) in [7, 11) is 0. The van der Waals surface area contributed by atoms with Crippen molar-refractivity contribution in [2.75, 3.05) is 0 Å². The Morgan fingerprint density at radius 3 is 1.84 bits per heavy atom. The van der Waals surface area contributed by atoms with Crippen molar-refractivity contribution in [1.29, 1.82) is 0 Å². The van der Waals surface area contributed by atoms with Crippen LogP contribution in [0.15, 0.2) is 84.9 Å². The van der Waals surface area contributed by atoms with Crippen molar-refractivity contribution in [3.05, 3.63) is 96.1 Å². The largest absolute Gasteiger partial charge is 0.149 e. The Kier molecular flexibility index (Phi) is 4.12. The Morgan fingerprint density at radius 1 is 0.581 bits per heavy atom. The van der Waals surface area contributed by atoms with Gasteiger partial charge in [-0.3, -0.25) is 0 Å². The summed E-state index contributed by atoms with van der Waals surface area (Å²) >= 11 is 1.78. The summed E-state index contributed by atoms with van der Waals surface area (Å²) in [5.74, 6) is 0. The third-order valence-electron chi connectivity index (χ3n) is 6.02. The van der Waals surface area contributed by atoms with E-state index in [1.54, 1.807) is 11.3 Å². The van der Waals surface area contributed by atoms with Crippen LogP contribution < -0.4 is 0 Å². The van der Waals surface area contributed by atoms with Crippen molar-refractivity contribution in [3.8, 4) is 21.8 Å². The van der Waals surface area contributed by atoms with Gasteiger partial charge in [0.05, 0.1) is 4.88 Å². The molecule has 6 rings (SSSR count). The van der Waals surface area contributed by atoms with E-state index in [1.807, 2.05) is 0 Å². The summed E-state index contributed by atoms with van der Waals surface area (Å²) in [6, 6.07) is 30.2. The quantitative estimate of drug-likeness (QED) is 0.268. The lowest BCUT2D eigenvalue weighted by molar-refractivity contribution is 1.06. The molecule has 2 heterocycles. The van der Waals surface area contributed by atoms with Crippen LogP contribution >= 0.6 is 11.3 Å². The zero-order valence-corrected chi connectivity index (χ0v) is 18.2. The molecule has 2 aromatic heterocycles. The molecule has 0 unspecified atom stereocenters. The first-order valence-electron chi connectivity index (χ1n) is 10.4. The molecule has 0 saturated heterocycles. The topological polar surface area (TPSA) is 25.8 Å². The van der Waals surface area contributed by atoms with E-state index in [2.05, 4.69) is 98.8 Å². The number of benzene rings is 4. The van der Waals surface area contributed by atoms with Crippen LogP contribution in [0.2, 0.25) is 0 Å². The third kappa shape index (κ3) is 2.93. The second-order valence-corrected chi connectivity index (χ2v) is 9.14. The predicted octanol–water partition coefficient (Wildman–Crippen LogP) is 7.95. The van der Waals surface area contributed by atoms with Crippen molar-refractivity contribution in [2.24, 2.45) is 0 Å². The summed E-state index contributed by atoms with van der Waals surface area (Å²) in [6.07, 6.45) is 0. The molecule has 4 aromatic carbocycles. The summed E-state index contributed by atoms with van der Waals surface area (Å²) in [4.78, 5) is 1.15. The number of aryl methyl sites for hydroxylation is 2. The van der Waals surface area contributed by atoms with Crippen LogP contribution in [0.25, 0.3) is 53.5 Å². The Labute approximate surface area is 184 Å². The maximum atomic E-state index is 4.81. The van der Waals surface area contributed by atoms with Gasteiger partial charge in [-0.05, 0) is 65.4 Å². The number of nitrogens with zero attached hydrogens (tertiary/aromatic N) is 2. The molecule has 0 bridgehead atoms. The Balaban J connectivity index is 1.72. The van der Waals surface area contributed by atoms with Crippen molar-refractivity contribution in [1.82, 2.24) is 10.2 Å². The third-order valence-corrected chi connectivity index (χ3v) is 7.15. The molecule has 0 amide bonds. The van der Waals surface area contributed by atoms with Gasteiger partial charge < -0.3 is 0 Å². The smallest absolute Gasteiger partial charge is 0.111 e. The molecule has 0 saturated carbocycles. The number of rotatable bonds is 2. The van der Waals surface area contributed by atoms with Crippen LogP contribution in [0.1, 0.15) is 11.1 Å². The second kappa shape index (κ2) is 7.00. The van der Waals surface area contributed by atoms with Gasteiger partial charge in [0.15, 0.2) is 0 Å². The Bertz CT molecular complexity index is 1560. The van der Waals surface area contributed by atoms with E-state index in [4.69, 9.17) is 10.2 Å². The molecule has 31 heavy (non-hydrogen) atoms. The maximum absolute atomic E-state index is 4.81. The van der Waals surface area contributed by atoms with E-state index in [1.165, 1.54) is 37.5 Å². The van der Waals surface area contributed by atoms with Crippen LogP contribution in [0.4, 0.5) is 0 Å². The molecule has 2 nitrogen and oxygen atoms in total. The van der Waals surface area contributed by atoms with Crippen molar-refractivity contribution >= 4 is 43.0 Å². The monoisotopic (exact) mass is 416 g/mol. The van der Waals surface area contributed by atoms with Gasteiger partial charge in [0, 0.05) is 21.0 Å². The van der Waals surface area contributed by atoms with Gasteiger partial charge in [-0.25, -0.2) is 0 Å². The van der Waals surface area contributed by atoms with Crippen molar-refractivity contribution in [2.45, 2.75) is 13.8 Å². The van der Waals surface area contributed by atoms with Crippen LogP contribution in [-0.2, 0) is 0 Å². The van der Waals surface area contributed by atoms with Crippen LogP contribution in [0, 0.1) is 13.8 Å². The minimum Gasteiger partial charge on any atom is -0.149 e. The van der Waals surface area contributed by atoms with Gasteiger partial charge in [0.1, 0.15) is 11.4 Å². The number of hydrogen-bond acceptors (Lipinski definition) is 3. The van der Waals surface area contributed by atoms with Gasteiger partial charge in [0.2, 0.25) is 0 Å². The van der Waals surface area contributed by atoms with Crippen LogP contribution in [-0.4, -0.2) is 10.2 Å². The highest BCUT2D eigenvalue weighted by molar-refractivity contribution is 7.22. The first kappa shape index (κ1) is 18.2. The molecule has 0 atom stereocenters. The number of fused-ring (bicyclic) bond motifs is 3. The average Bonchev–Trinajstić information content (AvgIpc) is 3.21. The Hall–Kier alpha value is -3.56. The van der Waals surface area contributed by atoms with Gasteiger partial charge >= 0.3 is 0 Å². The summed E-state index contributed by atoms with van der Waals surface area (Å²) in [6.45, 7) is 4.30. The highest BCUT2D eigenvalue weighted by Gasteiger charge is 2.17. The second-order valence-electron chi connectivity index (χ2n) is 8.06. The van der Waals surface area contributed by atoms with Gasteiger partial charge in [-0.15, -0.1) is 21.5 Å². The Morgan fingerprint density at radius 2 is 1.16 bits per heavy atom. The normalized spacial score (nSPS) is 11.5. The molecule has 0 aliphatic carbocycles. The summed E-state index contributed by atoms with van der Waals surface area (Å²) in [5.41, 5.74) is 5.54. The molecule has 0 spiro atoms. The van der Waals surface area contributed by atoms with E-state index >= 15 is 0 Å². The standard InChI is InChI=1S/C28H20N2S/c1-17-8-7-9-18(2)26(17)28-23-15-20-11-4-3-10-19(20)14-22(23)27(29-30-28)25-16-21-12-5-6-13-24(21)31-25/h3-16H,1-2H3. The van der Waals surface area contributed by atoms with E-state index in [0.29, 0.717) is 0 Å². The molecule has 6 aromatic rings. The molecule has 0 fully saturated rings. The number of hydrogen-bond donors (Lipinski definition) is 0. The van der Waals surface area contributed by atoms with E-state index < -0.39 is 0 Å². The molecular formula is C28H20N2S. The average molecular weight is 417 g/mol. The van der Waals surface area contributed by atoms with Gasteiger partial charge in [-0.2, -0.15) is 0 Å². The van der Waals surface area contributed by atoms with Crippen molar-refractivity contribution < 1.29 is 0 Å². The summed E-state index contributed by atoms with van der Waals surface area (Å²) < 4.78 is 1.27. The fraction of sp³-hybridized carbons (Fsp3) is 0.0714. The van der Waals surface area contributed by atoms with Gasteiger partial charge in [0.25, 0.3) is 0 Å². The van der Waals surface area contributed by atoms with Gasteiger partial charge in [-0.1, -0.05) is 60.7 Å². The highest BCUT2D eigenvalue weighted by atomic mass is 32.1. The predicted molar refractivity (Wildman–Crippen MR) is 133 cm³/mol. The zero-order chi connectivity index (χ0) is 20.9. The molecule has 0 N–H and O–H groups in total. The van der Waals surface area contributed by atoms with Crippen LogP contribution in [0.5, 0.6) is 0 Å². The summed E-state index contributed by atoms with van der Waals surface area (Å²) in [5, 5.41) is 15.6. The maximum Gasteiger partial charge on any atom is 0.111 e. The fourth-order valence-corrected chi connectivity index (χ4v) is 5.55. The lowest BCUT2D eigenvalue weighted by atomic mass is 9.94. The molecule has 0 aliphatic heterocycles. The lowest BCUT2D eigenvalue weighted by Gasteiger charge is -2.14. The van der Waals surface area contributed by atoms with Crippen LogP contribution in [0.3, 0.4) is 0 Å². The molecule has 3 heteroatoms. The first-order chi connectivity index (χ1) is 15.2. The van der Waals surface area contributed by atoms with E-state index in [-0.39, 0.29) is 0 Å². The first-order valence-corrected chi connectivity index (χ1v) is 11.3. The lowest BCUT2D eigenvalue weighted by Crippen LogP contribution is -1.97. The molecule has 0 aliphatic rings. The minimum atomic E-state index is 0.956. The van der Waals surface area contributed by atoms with E-state index in [9.17, 15) is 0 Å². The minimum absolute atomic E-state index is 0.956.